The summed E-state index contributed by atoms with van der Waals surface area (Å²) < 4.78 is 0. The van der Waals surface area contributed by atoms with Gasteiger partial charge in [-0.2, -0.15) is 0 Å². The minimum absolute atomic E-state index is 0. The summed E-state index contributed by atoms with van der Waals surface area (Å²) in [6.45, 7) is 0.111. The average molecular weight is 143 g/mol. The zero-order valence-corrected chi connectivity index (χ0v) is 7.43. The Morgan fingerprint density at radius 2 is 2.00 bits per heavy atom. The van der Waals surface area contributed by atoms with Crippen LogP contribution in [0.4, 0.5) is 0 Å². The van der Waals surface area contributed by atoms with Gasteiger partial charge in [0.2, 0.25) is 0 Å². The Kier molecular flexibility index (Phi) is 8.35. The third kappa shape index (κ3) is 9.85. The molecule has 2 radical (unpaired) electrons. The molecule has 0 rings (SSSR count). The molecule has 0 heterocycles. The molecular formula is C4H9CaNO2. The van der Waals surface area contributed by atoms with Crippen molar-refractivity contribution in [3.63, 3.8) is 0 Å². The topological polar surface area (TPSA) is 40.5 Å². The number of aliphatic carboxylic acids is 1. The Bertz CT molecular complexity index is 74.4. The van der Waals surface area contributed by atoms with Crippen LogP contribution in [0.3, 0.4) is 0 Å². The van der Waals surface area contributed by atoms with Gasteiger partial charge in [0.25, 0.3) is 0 Å². The maximum atomic E-state index is 9.77. The second-order valence-corrected chi connectivity index (χ2v) is 1.63. The van der Waals surface area contributed by atoms with Gasteiger partial charge in [0, 0.05) is 37.7 Å². The molecule has 4 heteroatoms. The fourth-order valence-electron chi connectivity index (χ4n) is 0.271. The molecule has 0 aliphatic rings. The number of nitrogens with zero attached hydrogens (tertiary/aromatic N) is 1. The van der Waals surface area contributed by atoms with E-state index in [1.807, 2.05) is 0 Å². The fraction of sp³-hybridized carbons (Fsp3) is 0.750. The predicted molar refractivity (Wildman–Crippen MR) is 31.9 cm³/mol. The molecule has 44 valence electrons. The molecule has 0 amide bonds. The molecular weight excluding hydrogens is 134 g/mol. The average Bonchev–Trinajstić information content (AvgIpc) is 1.27. The molecule has 1 N–H and O–H groups in total. The number of hydrogen-bond acceptors (Lipinski definition) is 2. The standard InChI is InChI=1S/C4H9NO2.Ca/c1-5(2)3-4(6)7;/h3H2,1-2H3,(H,6,7);. The summed E-state index contributed by atoms with van der Waals surface area (Å²) in [6, 6.07) is 0. The van der Waals surface area contributed by atoms with Crippen molar-refractivity contribution < 1.29 is 9.90 Å². The zero-order valence-electron chi connectivity index (χ0n) is 5.22. The van der Waals surface area contributed by atoms with Crippen molar-refractivity contribution >= 4 is 43.7 Å². The first kappa shape index (κ1) is 11.5. The van der Waals surface area contributed by atoms with Crippen molar-refractivity contribution in [1.82, 2.24) is 4.90 Å². The van der Waals surface area contributed by atoms with Gasteiger partial charge in [-0.15, -0.1) is 0 Å². The molecule has 0 aromatic carbocycles. The third-order valence-electron chi connectivity index (χ3n) is 0.451. The maximum absolute atomic E-state index is 9.77. The van der Waals surface area contributed by atoms with Crippen molar-refractivity contribution in [2.24, 2.45) is 0 Å². The summed E-state index contributed by atoms with van der Waals surface area (Å²) >= 11 is 0. The molecule has 3 nitrogen and oxygen atoms in total. The SMILES string of the molecule is CN(C)CC(=O)O.[Ca]. The second-order valence-electron chi connectivity index (χ2n) is 1.63. The minimum Gasteiger partial charge on any atom is -0.480 e. The first-order chi connectivity index (χ1) is 3.13. The number of carboxylic acids is 1. The van der Waals surface area contributed by atoms with E-state index in [2.05, 4.69) is 0 Å². The van der Waals surface area contributed by atoms with Crippen molar-refractivity contribution in [3.8, 4) is 0 Å². The zero-order chi connectivity index (χ0) is 5.86. The summed E-state index contributed by atoms with van der Waals surface area (Å²) in [4.78, 5) is 11.4. The number of likely N-dealkylation sites (N-methyl/N-ethyl adjacent to an activating group) is 1. The number of hydrogen-bond donors (Lipinski definition) is 1. The summed E-state index contributed by atoms with van der Waals surface area (Å²) in [7, 11) is 3.43. The Balaban J connectivity index is 0. The molecule has 0 spiro atoms. The Labute approximate surface area is 78.7 Å². The van der Waals surface area contributed by atoms with Gasteiger partial charge in [-0.1, -0.05) is 0 Å². The van der Waals surface area contributed by atoms with Gasteiger partial charge < -0.3 is 5.11 Å². The van der Waals surface area contributed by atoms with Gasteiger partial charge >= 0.3 is 5.97 Å². The predicted octanol–water partition coefficient (Wildman–Crippen LogP) is -0.748. The summed E-state index contributed by atoms with van der Waals surface area (Å²) in [5, 5.41) is 8.04. The molecule has 0 bridgehead atoms. The molecule has 0 fully saturated rings. The first-order valence-electron chi connectivity index (χ1n) is 1.99. The largest absolute Gasteiger partial charge is 0.480 e. The van der Waals surface area contributed by atoms with Crippen molar-refractivity contribution in [3.05, 3.63) is 0 Å². The van der Waals surface area contributed by atoms with Crippen LogP contribution in [-0.2, 0) is 4.79 Å². The van der Waals surface area contributed by atoms with Crippen LogP contribution < -0.4 is 0 Å². The van der Waals surface area contributed by atoms with E-state index < -0.39 is 5.97 Å². The van der Waals surface area contributed by atoms with E-state index in [1.54, 1.807) is 19.0 Å². The molecule has 8 heavy (non-hydrogen) atoms. The molecule has 0 saturated carbocycles. The van der Waals surface area contributed by atoms with E-state index in [-0.39, 0.29) is 44.3 Å². The van der Waals surface area contributed by atoms with Crippen LogP contribution in [-0.4, -0.2) is 74.4 Å². The second kappa shape index (κ2) is 5.82. The van der Waals surface area contributed by atoms with Crippen LogP contribution >= 0.6 is 0 Å². The fourth-order valence-corrected chi connectivity index (χ4v) is 0.271. The first-order valence-corrected chi connectivity index (χ1v) is 1.99. The van der Waals surface area contributed by atoms with Crippen molar-refractivity contribution in [1.29, 1.82) is 0 Å². The molecule has 0 aromatic heterocycles. The van der Waals surface area contributed by atoms with Gasteiger partial charge in [0.15, 0.2) is 0 Å². The Morgan fingerprint density at radius 1 is 1.62 bits per heavy atom. The molecule has 0 aliphatic heterocycles. The minimum atomic E-state index is -0.787. The molecule has 0 unspecified atom stereocenters. The number of carboxylic acid groups (broad SMARTS) is 1. The van der Waals surface area contributed by atoms with Gasteiger partial charge in [-0.25, -0.2) is 0 Å². The van der Waals surface area contributed by atoms with E-state index in [4.69, 9.17) is 5.11 Å². The Hall–Kier alpha value is 0.690. The monoisotopic (exact) mass is 143 g/mol. The van der Waals surface area contributed by atoms with Gasteiger partial charge in [0.05, 0.1) is 6.54 Å². The van der Waals surface area contributed by atoms with Gasteiger partial charge in [-0.3, -0.25) is 9.69 Å². The molecule has 0 atom stereocenters. The molecule has 0 aromatic rings. The van der Waals surface area contributed by atoms with Crippen LogP contribution in [0.2, 0.25) is 0 Å². The molecule has 0 aliphatic carbocycles. The normalized spacial score (nSPS) is 8.38. The van der Waals surface area contributed by atoms with Gasteiger partial charge in [0.1, 0.15) is 0 Å². The van der Waals surface area contributed by atoms with Crippen molar-refractivity contribution in [2.75, 3.05) is 20.6 Å². The van der Waals surface area contributed by atoms with Crippen LogP contribution in [0.15, 0.2) is 0 Å². The van der Waals surface area contributed by atoms with Crippen LogP contribution in [0.1, 0.15) is 0 Å². The summed E-state index contributed by atoms with van der Waals surface area (Å²) in [5.41, 5.74) is 0. The maximum Gasteiger partial charge on any atom is 0.317 e. The van der Waals surface area contributed by atoms with Crippen LogP contribution in [0, 0.1) is 0 Å². The summed E-state index contributed by atoms with van der Waals surface area (Å²) in [6.07, 6.45) is 0. The molecule has 0 saturated heterocycles. The van der Waals surface area contributed by atoms with E-state index in [1.165, 1.54) is 0 Å². The Morgan fingerprint density at radius 3 is 2.00 bits per heavy atom. The van der Waals surface area contributed by atoms with Crippen molar-refractivity contribution in [2.45, 2.75) is 0 Å². The van der Waals surface area contributed by atoms with E-state index in [0.717, 1.165) is 0 Å². The third-order valence-corrected chi connectivity index (χ3v) is 0.451. The number of rotatable bonds is 2. The van der Waals surface area contributed by atoms with Gasteiger partial charge in [-0.05, 0) is 14.1 Å². The quantitative estimate of drug-likeness (QED) is 0.517. The van der Waals surface area contributed by atoms with E-state index in [0.29, 0.717) is 0 Å². The van der Waals surface area contributed by atoms with Crippen LogP contribution in [0.5, 0.6) is 0 Å². The van der Waals surface area contributed by atoms with E-state index >= 15 is 0 Å². The summed E-state index contributed by atoms with van der Waals surface area (Å²) in [5.74, 6) is -0.787. The smallest absolute Gasteiger partial charge is 0.317 e. The number of carbonyl (C=O) groups is 1. The van der Waals surface area contributed by atoms with Crippen LogP contribution in [0.25, 0.3) is 0 Å². The van der Waals surface area contributed by atoms with E-state index in [9.17, 15) is 4.79 Å².